The molecule has 0 aromatic carbocycles. The lowest BCUT2D eigenvalue weighted by Crippen LogP contribution is -2.09. The maximum Gasteiger partial charge on any atom is 0.152 e. The van der Waals surface area contributed by atoms with E-state index in [9.17, 15) is 0 Å². The fourth-order valence-corrected chi connectivity index (χ4v) is 1.14. The zero-order valence-electron chi connectivity index (χ0n) is 9.57. The summed E-state index contributed by atoms with van der Waals surface area (Å²) in [5, 5.41) is 0. The Morgan fingerprint density at radius 3 is 1.79 bits per heavy atom. The lowest BCUT2D eigenvalue weighted by molar-refractivity contribution is -0.538. The minimum atomic E-state index is 0.215. The van der Waals surface area contributed by atoms with Gasteiger partial charge in [-0.3, -0.25) is 0 Å². The molecule has 0 aliphatic heterocycles. The topological polar surface area (TPSA) is 81.1 Å². The normalized spacial score (nSPS) is 12.9. The van der Waals surface area contributed by atoms with Gasteiger partial charge >= 0.3 is 0 Å². The number of hydrogen-bond acceptors (Lipinski definition) is 2. The van der Waals surface area contributed by atoms with Crippen molar-refractivity contribution in [1.82, 2.24) is 0 Å². The molecule has 0 aliphatic carbocycles. The van der Waals surface area contributed by atoms with E-state index in [1.54, 1.807) is 7.05 Å². The summed E-state index contributed by atoms with van der Waals surface area (Å²) in [6.07, 6.45) is 0. The minimum absolute atomic E-state index is 0.215. The lowest BCUT2D eigenvalue weighted by atomic mass is 10.0. The molecular weight excluding hydrogens is 178 g/mol. The number of rotatable bonds is 5. The van der Waals surface area contributed by atoms with Gasteiger partial charge in [-0.1, -0.05) is 27.7 Å². The van der Waals surface area contributed by atoms with Gasteiger partial charge in [0.25, 0.3) is 0 Å². The van der Waals surface area contributed by atoms with Crippen LogP contribution in [0.25, 0.3) is 10.9 Å². The van der Waals surface area contributed by atoms with E-state index in [1.165, 1.54) is 0 Å². The van der Waals surface area contributed by atoms with E-state index in [0.717, 1.165) is 16.2 Å². The molecule has 5 heteroatoms. The minimum Gasteiger partial charge on any atom is -0.628 e. The molecule has 0 bridgehead atoms. The second-order valence-corrected chi connectivity index (χ2v) is 3.83. The molecule has 0 aliphatic rings. The SMILES string of the molecule is CC(C)C([N-]N)=C([N-][N+](C)=N)C(C)C. The molecule has 82 valence electrons. The Labute approximate surface area is 85.8 Å². The van der Waals surface area contributed by atoms with E-state index < -0.39 is 0 Å². The first-order valence-electron chi connectivity index (χ1n) is 4.71. The summed E-state index contributed by atoms with van der Waals surface area (Å²) in [5.41, 5.74) is 16.6. The Hall–Kier alpha value is -1.10. The van der Waals surface area contributed by atoms with Crippen LogP contribution < -0.4 is 5.84 Å². The van der Waals surface area contributed by atoms with E-state index in [2.05, 4.69) is 10.9 Å². The van der Waals surface area contributed by atoms with Gasteiger partial charge in [-0.2, -0.15) is 10.2 Å². The van der Waals surface area contributed by atoms with Crippen LogP contribution in [0.1, 0.15) is 27.7 Å². The van der Waals surface area contributed by atoms with Crippen LogP contribution in [-0.2, 0) is 0 Å². The van der Waals surface area contributed by atoms with Crippen molar-refractivity contribution < 1.29 is 4.81 Å². The van der Waals surface area contributed by atoms with E-state index in [0.29, 0.717) is 0 Å². The van der Waals surface area contributed by atoms with Crippen LogP contribution in [-0.4, -0.2) is 11.9 Å². The molecule has 0 saturated heterocycles. The fraction of sp³-hybridized carbons (Fsp3) is 0.778. The molecule has 0 rings (SSSR count). The Morgan fingerprint density at radius 2 is 1.57 bits per heavy atom. The van der Waals surface area contributed by atoms with Crippen molar-refractivity contribution in [3.8, 4) is 0 Å². The van der Waals surface area contributed by atoms with Crippen molar-refractivity contribution in [3.05, 3.63) is 22.2 Å². The second kappa shape index (κ2) is 5.59. The van der Waals surface area contributed by atoms with Crippen LogP contribution in [0.2, 0.25) is 0 Å². The number of hydrogen-bond donors (Lipinski definition) is 2. The summed E-state index contributed by atoms with van der Waals surface area (Å²) in [6, 6.07) is 0. The molecule has 0 heterocycles. The summed E-state index contributed by atoms with van der Waals surface area (Å²) < 4.78 is 0. The molecule has 0 unspecified atom stereocenters. The molecule has 0 atom stereocenters. The molecule has 0 aromatic heterocycles. The van der Waals surface area contributed by atoms with Gasteiger partial charge in [0, 0.05) is 0 Å². The largest absolute Gasteiger partial charge is 0.628 e. The average Bonchev–Trinajstić information content (AvgIpc) is 2.02. The maximum absolute atomic E-state index is 7.26. The Balaban J connectivity index is 4.99. The van der Waals surface area contributed by atoms with Crippen LogP contribution in [0.15, 0.2) is 11.4 Å². The molecule has 5 nitrogen and oxygen atoms in total. The van der Waals surface area contributed by atoms with Gasteiger partial charge in [-0.05, 0) is 17.5 Å². The van der Waals surface area contributed by atoms with Gasteiger partial charge in [-0.15, -0.1) is 5.70 Å². The molecule has 0 amide bonds. The third-order valence-electron chi connectivity index (χ3n) is 1.75. The van der Waals surface area contributed by atoms with Crippen LogP contribution in [0.5, 0.6) is 0 Å². The first-order valence-corrected chi connectivity index (χ1v) is 4.71. The number of nitrogens with two attached hydrogens (primary N) is 1. The summed E-state index contributed by atoms with van der Waals surface area (Å²) >= 11 is 0. The molecule has 0 saturated carbocycles. The van der Waals surface area contributed by atoms with Crippen LogP contribution in [0, 0.1) is 17.4 Å². The second-order valence-electron chi connectivity index (χ2n) is 3.83. The quantitative estimate of drug-likeness (QED) is 0.303. The molecular formula is C9H20N5-. The molecule has 0 aromatic rings. The molecule has 0 fully saturated rings. The number of allylic oxidation sites excluding steroid dienone is 2. The van der Waals surface area contributed by atoms with Gasteiger partial charge in [0.15, 0.2) is 7.05 Å². The lowest BCUT2D eigenvalue weighted by Gasteiger charge is -2.31. The van der Waals surface area contributed by atoms with Gasteiger partial charge in [0.1, 0.15) is 0 Å². The highest BCUT2D eigenvalue weighted by molar-refractivity contribution is 5.30. The van der Waals surface area contributed by atoms with E-state index in [-0.39, 0.29) is 11.8 Å². The predicted octanol–water partition coefficient (Wildman–Crippen LogP) is 2.72. The van der Waals surface area contributed by atoms with Crippen LogP contribution in [0.3, 0.4) is 0 Å². The maximum atomic E-state index is 7.26. The molecule has 0 spiro atoms. The van der Waals surface area contributed by atoms with E-state index in [4.69, 9.17) is 11.4 Å². The predicted molar refractivity (Wildman–Crippen MR) is 56.5 cm³/mol. The van der Waals surface area contributed by atoms with E-state index in [1.807, 2.05) is 27.7 Å². The summed E-state index contributed by atoms with van der Waals surface area (Å²) in [5.74, 6) is 5.75. The molecule has 14 heavy (non-hydrogen) atoms. The Morgan fingerprint density at radius 1 is 1.14 bits per heavy atom. The van der Waals surface area contributed by atoms with Crippen LogP contribution >= 0.6 is 0 Å². The summed E-state index contributed by atoms with van der Waals surface area (Å²) in [6.45, 7) is 8.03. The van der Waals surface area contributed by atoms with Crippen molar-refractivity contribution in [2.75, 3.05) is 7.05 Å². The van der Waals surface area contributed by atoms with Crippen molar-refractivity contribution in [1.29, 1.82) is 5.53 Å². The summed E-state index contributed by atoms with van der Waals surface area (Å²) in [7, 11) is 1.57. The zero-order valence-corrected chi connectivity index (χ0v) is 9.57. The molecule has 0 radical (unpaired) electrons. The monoisotopic (exact) mass is 198 g/mol. The van der Waals surface area contributed by atoms with Crippen LogP contribution in [0.4, 0.5) is 0 Å². The average molecular weight is 198 g/mol. The third-order valence-corrected chi connectivity index (χ3v) is 1.75. The van der Waals surface area contributed by atoms with Gasteiger partial charge < -0.3 is 11.3 Å². The standard InChI is InChI=1S/C9H20N5/c1-6(2)8(12-10)9(7(3)4)13-14(5)11/h6-7,11H,10H2,1-5H3/q-1. The van der Waals surface area contributed by atoms with Crippen molar-refractivity contribution >= 4 is 0 Å². The van der Waals surface area contributed by atoms with E-state index >= 15 is 0 Å². The fourth-order valence-electron chi connectivity index (χ4n) is 1.14. The van der Waals surface area contributed by atoms with Crippen molar-refractivity contribution in [3.63, 3.8) is 0 Å². The number of nitrogens with one attached hydrogen (secondary N) is 1. The third kappa shape index (κ3) is 3.74. The van der Waals surface area contributed by atoms with Gasteiger partial charge in [0.2, 0.25) is 0 Å². The first-order chi connectivity index (χ1) is 6.40. The smallest absolute Gasteiger partial charge is 0.152 e. The number of nitrogens with zero attached hydrogens (tertiary/aromatic N) is 3. The first kappa shape index (κ1) is 12.9. The van der Waals surface area contributed by atoms with Gasteiger partial charge in [0.05, 0.1) is 0 Å². The van der Waals surface area contributed by atoms with Crippen molar-refractivity contribution in [2.24, 2.45) is 17.7 Å². The zero-order chi connectivity index (χ0) is 11.3. The highest BCUT2D eigenvalue weighted by Gasteiger charge is 2.06. The Bertz CT molecular complexity index is 229. The van der Waals surface area contributed by atoms with Crippen molar-refractivity contribution in [2.45, 2.75) is 27.7 Å². The summed E-state index contributed by atoms with van der Waals surface area (Å²) in [4.78, 5) is 1.03. The van der Waals surface area contributed by atoms with Gasteiger partial charge in [-0.25, -0.2) is 5.53 Å². The Kier molecular flexibility index (Phi) is 5.15. The highest BCUT2D eigenvalue weighted by atomic mass is 15.5. The molecule has 3 N–H and O–H groups in total. The highest BCUT2D eigenvalue weighted by Crippen LogP contribution is 2.27.